The summed E-state index contributed by atoms with van der Waals surface area (Å²) in [6.45, 7) is 0.521. The molecule has 6 aromatic rings. The highest BCUT2D eigenvalue weighted by Crippen LogP contribution is 2.60. The average Bonchev–Trinajstić information content (AvgIpc) is 3.44. The molecule has 208 valence electrons. The van der Waals surface area contributed by atoms with Gasteiger partial charge in [-0.15, -0.1) is 0 Å². The van der Waals surface area contributed by atoms with Crippen molar-refractivity contribution in [2.24, 2.45) is 0 Å². The molecule has 0 fully saturated rings. The Morgan fingerprint density at radius 1 is 0.674 bits per heavy atom. The molecule has 6 nitrogen and oxygen atoms in total. The van der Waals surface area contributed by atoms with Crippen LogP contribution in [0.5, 0.6) is 0 Å². The quantitative estimate of drug-likeness (QED) is 0.210. The van der Waals surface area contributed by atoms with Crippen molar-refractivity contribution in [1.82, 2.24) is 9.97 Å². The fraction of sp³-hybridized carbons (Fsp3) is 0.135. The first kappa shape index (κ1) is 25.4. The number of carboxylic acids is 1. The third-order valence-corrected chi connectivity index (χ3v) is 9.33. The van der Waals surface area contributed by atoms with Gasteiger partial charge in [-0.1, -0.05) is 84.9 Å². The molecule has 0 saturated heterocycles. The minimum absolute atomic E-state index is 0.0421. The topological polar surface area (TPSA) is 89.4 Å². The SMILES string of the molecule is O=COCC1(CC2(CC(=O)O)c3ccccc3-c3nc4ccccc4cc32)c2ccccc2-c2nc3ccccc3cc21. The lowest BCUT2D eigenvalue weighted by Crippen LogP contribution is -2.42. The van der Waals surface area contributed by atoms with E-state index in [2.05, 4.69) is 18.2 Å². The molecule has 0 radical (unpaired) electrons. The first-order chi connectivity index (χ1) is 21.0. The molecule has 0 aliphatic heterocycles. The third-order valence-electron chi connectivity index (χ3n) is 9.33. The molecular weight excluding hydrogens is 536 g/mol. The van der Waals surface area contributed by atoms with Crippen LogP contribution < -0.4 is 0 Å². The molecule has 0 bridgehead atoms. The van der Waals surface area contributed by atoms with Crippen molar-refractivity contribution < 1.29 is 19.4 Å². The molecule has 2 heterocycles. The number of nitrogens with zero attached hydrogens (tertiary/aromatic N) is 2. The number of aromatic nitrogens is 2. The Morgan fingerprint density at radius 3 is 1.72 bits per heavy atom. The van der Waals surface area contributed by atoms with Gasteiger partial charge in [0.25, 0.3) is 6.47 Å². The second kappa shape index (κ2) is 9.33. The third kappa shape index (κ3) is 3.59. The number of aliphatic carboxylic acids is 1. The van der Waals surface area contributed by atoms with Crippen LogP contribution in [0.3, 0.4) is 0 Å². The van der Waals surface area contributed by atoms with Crippen LogP contribution in [0, 0.1) is 0 Å². The summed E-state index contributed by atoms with van der Waals surface area (Å²) in [5, 5.41) is 12.5. The van der Waals surface area contributed by atoms with Gasteiger partial charge < -0.3 is 9.84 Å². The van der Waals surface area contributed by atoms with Crippen molar-refractivity contribution >= 4 is 34.2 Å². The second-order valence-corrected chi connectivity index (χ2v) is 11.6. The fourth-order valence-corrected chi connectivity index (χ4v) is 7.67. The van der Waals surface area contributed by atoms with Crippen molar-refractivity contribution in [3.63, 3.8) is 0 Å². The van der Waals surface area contributed by atoms with E-state index in [-0.39, 0.29) is 13.0 Å². The average molecular weight is 563 g/mol. The number of carbonyl (C=O) groups is 2. The smallest absolute Gasteiger partial charge is 0.304 e. The molecule has 4 aromatic carbocycles. The van der Waals surface area contributed by atoms with Gasteiger partial charge in [0.05, 0.1) is 34.3 Å². The minimum Gasteiger partial charge on any atom is -0.481 e. The zero-order valence-electron chi connectivity index (χ0n) is 23.2. The van der Waals surface area contributed by atoms with Gasteiger partial charge in [-0.3, -0.25) is 9.59 Å². The molecule has 8 rings (SSSR count). The standard InChI is InChI=1S/C37H26N2O4/c40-22-43-21-37(28-14-6-4-12-26(28)35-30(37)18-24-10-2-8-16-32(24)39-35)20-36(19-33(41)42)27-13-5-3-11-25(27)34-29(36)17-23-9-1-7-15-31(23)38-34/h1-18,22H,19-21H2,(H,41,42). The van der Waals surface area contributed by atoms with E-state index in [0.717, 1.165) is 66.6 Å². The summed E-state index contributed by atoms with van der Waals surface area (Å²) in [5.41, 5.74) is 7.09. The number of ether oxygens (including phenoxy) is 1. The summed E-state index contributed by atoms with van der Waals surface area (Å²) in [6, 6.07) is 36.2. The van der Waals surface area contributed by atoms with Gasteiger partial charge in [-0.25, -0.2) is 9.97 Å². The molecule has 2 atom stereocenters. The predicted octanol–water partition coefficient (Wildman–Crippen LogP) is 7.05. The molecule has 0 spiro atoms. The van der Waals surface area contributed by atoms with E-state index in [1.165, 1.54) is 0 Å². The summed E-state index contributed by atoms with van der Waals surface area (Å²) >= 11 is 0. The van der Waals surface area contributed by atoms with Crippen molar-refractivity contribution in [3.05, 3.63) is 131 Å². The molecule has 1 N–H and O–H groups in total. The molecule has 43 heavy (non-hydrogen) atoms. The maximum absolute atomic E-state index is 12.9. The van der Waals surface area contributed by atoms with Gasteiger partial charge in [0.1, 0.15) is 6.61 Å². The number of rotatable bonds is 7. The highest BCUT2D eigenvalue weighted by Gasteiger charge is 2.55. The lowest BCUT2D eigenvalue weighted by Gasteiger charge is -2.41. The first-order valence-corrected chi connectivity index (χ1v) is 14.3. The van der Waals surface area contributed by atoms with Crippen molar-refractivity contribution in [1.29, 1.82) is 0 Å². The highest BCUT2D eigenvalue weighted by molar-refractivity contribution is 5.92. The van der Waals surface area contributed by atoms with Gasteiger partial charge in [-0.05, 0) is 52.9 Å². The lowest BCUT2D eigenvalue weighted by atomic mass is 9.61. The van der Waals surface area contributed by atoms with Gasteiger partial charge in [-0.2, -0.15) is 0 Å². The zero-order chi connectivity index (χ0) is 29.2. The Labute approximate surface area is 247 Å². The van der Waals surface area contributed by atoms with Gasteiger partial charge in [0.2, 0.25) is 0 Å². The molecule has 0 saturated carbocycles. The van der Waals surface area contributed by atoms with Crippen LogP contribution in [0.4, 0.5) is 0 Å². The predicted molar refractivity (Wildman–Crippen MR) is 165 cm³/mol. The number of benzene rings is 4. The molecule has 2 aromatic heterocycles. The van der Waals surface area contributed by atoms with Gasteiger partial charge in [0, 0.05) is 27.3 Å². The maximum atomic E-state index is 12.9. The summed E-state index contributed by atoms with van der Waals surface area (Å²) in [5.74, 6) is -0.912. The van der Waals surface area contributed by atoms with E-state index in [1.807, 2.05) is 91.0 Å². The van der Waals surface area contributed by atoms with E-state index in [1.54, 1.807) is 0 Å². The molecule has 2 unspecified atom stereocenters. The Balaban J connectivity index is 1.46. The number of fused-ring (bicyclic) bond motifs is 8. The molecule has 0 amide bonds. The van der Waals surface area contributed by atoms with Crippen LogP contribution in [0.15, 0.2) is 109 Å². The molecular formula is C37H26N2O4. The monoisotopic (exact) mass is 562 g/mol. The van der Waals surface area contributed by atoms with Crippen molar-refractivity contribution in [2.75, 3.05) is 6.61 Å². The Bertz CT molecular complexity index is 2120. The molecule has 6 heteroatoms. The van der Waals surface area contributed by atoms with Crippen LogP contribution in [0.2, 0.25) is 0 Å². The Kier molecular flexibility index (Phi) is 5.50. The number of carbonyl (C=O) groups excluding carboxylic acids is 1. The van der Waals surface area contributed by atoms with Crippen LogP contribution in [0.1, 0.15) is 35.1 Å². The normalized spacial score (nSPS) is 19.4. The highest BCUT2D eigenvalue weighted by atomic mass is 16.5. The summed E-state index contributed by atoms with van der Waals surface area (Å²) in [7, 11) is 0. The van der Waals surface area contributed by atoms with E-state index < -0.39 is 16.8 Å². The van der Waals surface area contributed by atoms with E-state index in [0.29, 0.717) is 12.9 Å². The Morgan fingerprint density at radius 2 is 1.16 bits per heavy atom. The zero-order valence-corrected chi connectivity index (χ0v) is 23.2. The maximum Gasteiger partial charge on any atom is 0.304 e. The van der Waals surface area contributed by atoms with Gasteiger partial charge in [0.15, 0.2) is 0 Å². The van der Waals surface area contributed by atoms with Crippen molar-refractivity contribution in [3.8, 4) is 22.5 Å². The number of pyridine rings is 2. The van der Waals surface area contributed by atoms with Crippen LogP contribution in [-0.4, -0.2) is 34.1 Å². The summed E-state index contributed by atoms with van der Waals surface area (Å²) in [6.07, 6.45) is 0.187. The van der Waals surface area contributed by atoms with E-state index >= 15 is 0 Å². The number of hydrogen-bond acceptors (Lipinski definition) is 5. The number of para-hydroxylation sites is 2. The van der Waals surface area contributed by atoms with Gasteiger partial charge >= 0.3 is 5.97 Å². The largest absolute Gasteiger partial charge is 0.481 e. The molecule has 2 aliphatic carbocycles. The second-order valence-electron chi connectivity index (χ2n) is 11.6. The van der Waals surface area contributed by atoms with E-state index in [4.69, 9.17) is 14.7 Å². The van der Waals surface area contributed by atoms with Crippen LogP contribution in [-0.2, 0) is 25.2 Å². The van der Waals surface area contributed by atoms with Crippen LogP contribution >= 0.6 is 0 Å². The fourth-order valence-electron chi connectivity index (χ4n) is 7.67. The molecule has 2 aliphatic rings. The first-order valence-electron chi connectivity index (χ1n) is 14.3. The number of carboxylic acid groups (broad SMARTS) is 1. The summed E-state index contributed by atoms with van der Waals surface area (Å²) < 4.78 is 5.68. The lowest BCUT2D eigenvalue weighted by molar-refractivity contribution is -0.138. The van der Waals surface area contributed by atoms with E-state index in [9.17, 15) is 14.7 Å². The van der Waals surface area contributed by atoms with Crippen LogP contribution in [0.25, 0.3) is 44.3 Å². The summed E-state index contributed by atoms with van der Waals surface area (Å²) in [4.78, 5) is 34.9. The Hall–Kier alpha value is -5.36. The minimum atomic E-state index is -0.971. The number of hydrogen-bond donors (Lipinski definition) is 1. The van der Waals surface area contributed by atoms with Crippen molar-refractivity contribution in [2.45, 2.75) is 23.7 Å².